The number of carbonyl (C=O) groups excluding carboxylic acids is 8. The van der Waals surface area contributed by atoms with Crippen LogP contribution in [0.2, 0.25) is 0 Å². The van der Waals surface area contributed by atoms with Gasteiger partial charge in [0, 0.05) is 6.92 Å². The number of carboxylic acid groups (broad SMARTS) is 1. The van der Waals surface area contributed by atoms with Crippen LogP contribution in [-0.4, -0.2) is 83.2 Å². The minimum atomic E-state index is -2.13. The molecule has 0 bridgehead atoms. The molecule has 0 amide bonds. The molecule has 0 fully saturated rings. The third-order valence-corrected chi connectivity index (χ3v) is 8.49. The maximum absolute atomic E-state index is 13.5. The summed E-state index contributed by atoms with van der Waals surface area (Å²) in [7, 11) is 0. The zero-order chi connectivity index (χ0) is 46.3. The molecule has 18 nitrogen and oxygen atoms in total. The van der Waals surface area contributed by atoms with Gasteiger partial charge in [0.1, 0.15) is 26.4 Å². The normalized spacial score (nSPS) is 12.4. The fraction of sp³-hybridized carbons (Fsp3) is 0.283. The van der Waals surface area contributed by atoms with Gasteiger partial charge in [-0.1, -0.05) is 121 Å². The molecule has 0 radical (unpaired) electrons. The molecule has 0 spiro atoms. The Hall–Kier alpha value is -7.89. The van der Waals surface area contributed by atoms with E-state index in [9.17, 15) is 48.3 Å². The van der Waals surface area contributed by atoms with E-state index < -0.39 is 104 Å². The number of aliphatic carboxylic acids is 1. The SMILES string of the molecule is CC(=O)O[C@@H](CC(=O)O[C@@H](CC(=O)O[C@@H](CC(=O)O[C@@H](CC(=O)O)C(=O)OCc1ccccc1)C(=O)OCc1ccccc1)C(=O)OCc1ccccc1)C(=O)OCc1ccccc1. The molecule has 336 valence electrons. The number of rotatable bonds is 24. The third-order valence-electron chi connectivity index (χ3n) is 8.49. The molecule has 0 heterocycles. The average Bonchev–Trinajstić information content (AvgIpc) is 3.28. The first kappa shape index (κ1) is 48.8. The maximum Gasteiger partial charge on any atom is 0.348 e. The molecule has 4 aromatic carbocycles. The van der Waals surface area contributed by atoms with Gasteiger partial charge in [0.15, 0.2) is 0 Å². The molecule has 0 aromatic heterocycles. The van der Waals surface area contributed by atoms with Crippen molar-refractivity contribution in [2.75, 3.05) is 0 Å². The van der Waals surface area contributed by atoms with Crippen molar-refractivity contribution in [3.05, 3.63) is 144 Å². The summed E-state index contributed by atoms with van der Waals surface area (Å²) >= 11 is 0. The Morgan fingerprint density at radius 2 is 0.609 bits per heavy atom. The lowest BCUT2D eigenvalue weighted by Crippen LogP contribution is -2.38. The molecule has 18 heteroatoms. The molecule has 64 heavy (non-hydrogen) atoms. The monoisotopic (exact) mass is 884 g/mol. The fourth-order valence-corrected chi connectivity index (χ4v) is 5.41. The maximum atomic E-state index is 13.5. The van der Waals surface area contributed by atoms with E-state index in [1.807, 2.05) is 0 Å². The van der Waals surface area contributed by atoms with E-state index in [-0.39, 0.29) is 26.4 Å². The van der Waals surface area contributed by atoms with Crippen molar-refractivity contribution in [3.63, 3.8) is 0 Å². The Morgan fingerprint density at radius 3 is 0.844 bits per heavy atom. The van der Waals surface area contributed by atoms with E-state index in [1.54, 1.807) is 121 Å². The van der Waals surface area contributed by atoms with Crippen LogP contribution in [0.3, 0.4) is 0 Å². The zero-order valence-corrected chi connectivity index (χ0v) is 34.4. The van der Waals surface area contributed by atoms with Crippen molar-refractivity contribution in [2.24, 2.45) is 0 Å². The van der Waals surface area contributed by atoms with Crippen LogP contribution in [-0.2, 0) is 107 Å². The van der Waals surface area contributed by atoms with Crippen molar-refractivity contribution in [1.82, 2.24) is 0 Å². The highest BCUT2D eigenvalue weighted by Gasteiger charge is 2.36. The van der Waals surface area contributed by atoms with Gasteiger partial charge in [0.2, 0.25) is 24.4 Å². The molecule has 0 aliphatic rings. The Kier molecular flexibility index (Phi) is 19.6. The van der Waals surface area contributed by atoms with Gasteiger partial charge >= 0.3 is 53.7 Å². The summed E-state index contributed by atoms with van der Waals surface area (Å²) in [5, 5.41) is 9.41. The van der Waals surface area contributed by atoms with E-state index in [0.29, 0.717) is 22.3 Å². The lowest BCUT2D eigenvalue weighted by Gasteiger charge is -2.21. The van der Waals surface area contributed by atoms with Crippen LogP contribution >= 0.6 is 0 Å². The molecular formula is C46H44O18. The number of ether oxygens (including phenoxy) is 8. The lowest BCUT2D eigenvalue weighted by atomic mass is 10.2. The molecule has 0 aliphatic heterocycles. The number of hydrogen-bond acceptors (Lipinski definition) is 17. The largest absolute Gasteiger partial charge is 0.481 e. The molecule has 1 N–H and O–H groups in total. The topological polar surface area (TPSA) is 248 Å². The van der Waals surface area contributed by atoms with Crippen LogP contribution in [0.25, 0.3) is 0 Å². The van der Waals surface area contributed by atoms with Gasteiger partial charge in [-0.25, -0.2) is 19.2 Å². The van der Waals surface area contributed by atoms with E-state index in [4.69, 9.17) is 37.9 Å². The molecular weight excluding hydrogens is 840 g/mol. The summed E-state index contributed by atoms with van der Waals surface area (Å²) in [6.45, 7) is -0.269. The molecule has 0 unspecified atom stereocenters. The number of hydrogen-bond donors (Lipinski definition) is 1. The quantitative estimate of drug-likeness (QED) is 0.0762. The van der Waals surface area contributed by atoms with Crippen LogP contribution in [0.4, 0.5) is 0 Å². The van der Waals surface area contributed by atoms with E-state index in [2.05, 4.69) is 0 Å². The first-order valence-electron chi connectivity index (χ1n) is 19.6. The van der Waals surface area contributed by atoms with Crippen molar-refractivity contribution < 1.29 is 86.2 Å². The Labute approximate surface area is 366 Å². The molecule has 0 aliphatic carbocycles. The second-order valence-electron chi connectivity index (χ2n) is 13.6. The van der Waals surface area contributed by atoms with Crippen LogP contribution in [0.1, 0.15) is 54.9 Å². The van der Waals surface area contributed by atoms with Gasteiger partial charge in [0.25, 0.3) is 0 Å². The Bertz CT molecular complexity index is 2040. The highest BCUT2D eigenvalue weighted by atomic mass is 16.6. The highest BCUT2D eigenvalue weighted by Crippen LogP contribution is 2.16. The van der Waals surface area contributed by atoms with E-state index in [1.165, 1.54) is 0 Å². The van der Waals surface area contributed by atoms with E-state index in [0.717, 1.165) is 6.92 Å². The first-order chi connectivity index (χ1) is 30.7. The standard InChI is InChI=1S/C46H44O18/c1-30(47)61-36(44(54)58-27-32-16-8-3-9-17-32)23-40(50)63-38(46(56)60-29-34-20-12-5-13-21-34)25-42(52)64-37(45(55)59-28-33-18-10-4-11-19-33)24-41(51)62-35(22-39(48)49)43(53)57-26-31-14-6-2-7-15-31/h2-21,35-38H,22-29H2,1H3,(H,48,49)/t35-,36-,37-,38-/m0/s1. The molecule has 0 saturated carbocycles. The summed E-state index contributed by atoms with van der Waals surface area (Å²) in [6.07, 6.45) is -12.3. The second-order valence-corrected chi connectivity index (χ2v) is 13.6. The Morgan fingerprint density at radius 1 is 0.375 bits per heavy atom. The predicted octanol–water partition coefficient (Wildman–Crippen LogP) is 4.27. The van der Waals surface area contributed by atoms with Gasteiger partial charge in [0.05, 0.1) is 25.7 Å². The number of carboxylic acids is 1. The highest BCUT2D eigenvalue weighted by molar-refractivity contribution is 5.90. The minimum Gasteiger partial charge on any atom is -0.481 e. The lowest BCUT2D eigenvalue weighted by molar-refractivity contribution is -0.183. The molecule has 4 atom stereocenters. The average molecular weight is 885 g/mol. The first-order valence-corrected chi connectivity index (χ1v) is 19.6. The van der Waals surface area contributed by atoms with Crippen LogP contribution in [0.15, 0.2) is 121 Å². The van der Waals surface area contributed by atoms with Crippen molar-refractivity contribution in [1.29, 1.82) is 0 Å². The zero-order valence-electron chi connectivity index (χ0n) is 34.4. The van der Waals surface area contributed by atoms with Gasteiger partial charge in [-0.15, -0.1) is 0 Å². The molecule has 4 aromatic rings. The van der Waals surface area contributed by atoms with Gasteiger partial charge in [-0.05, 0) is 22.3 Å². The minimum absolute atomic E-state index is 0.242. The van der Waals surface area contributed by atoms with Crippen LogP contribution in [0.5, 0.6) is 0 Å². The summed E-state index contributed by atoms with van der Waals surface area (Å²) in [6, 6.07) is 33.2. The van der Waals surface area contributed by atoms with Gasteiger partial charge in [-0.3, -0.25) is 24.0 Å². The number of carbonyl (C=O) groups is 9. The molecule has 4 rings (SSSR count). The summed E-state index contributed by atoms with van der Waals surface area (Å²) in [5.74, 6) is -11.6. The van der Waals surface area contributed by atoms with Crippen molar-refractivity contribution in [2.45, 2.75) is 83.5 Å². The van der Waals surface area contributed by atoms with Gasteiger partial charge < -0.3 is 43.0 Å². The fourth-order valence-electron chi connectivity index (χ4n) is 5.41. The number of benzene rings is 4. The van der Waals surface area contributed by atoms with E-state index >= 15 is 0 Å². The summed E-state index contributed by atoms with van der Waals surface area (Å²) in [4.78, 5) is 116. The Balaban J connectivity index is 1.50. The van der Waals surface area contributed by atoms with Crippen LogP contribution in [0, 0.1) is 0 Å². The van der Waals surface area contributed by atoms with Gasteiger partial charge in [-0.2, -0.15) is 0 Å². The second kappa shape index (κ2) is 25.8. The smallest absolute Gasteiger partial charge is 0.348 e. The van der Waals surface area contributed by atoms with Crippen LogP contribution < -0.4 is 0 Å². The van der Waals surface area contributed by atoms with Crippen molar-refractivity contribution >= 4 is 53.7 Å². The van der Waals surface area contributed by atoms with Crippen molar-refractivity contribution in [3.8, 4) is 0 Å². The summed E-state index contributed by atoms with van der Waals surface area (Å²) in [5.41, 5.74) is 2.12. The third kappa shape index (κ3) is 18.0. The number of esters is 8. The molecule has 0 saturated heterocycles. The predicted molar refractivity (Wildman–Crippen MR) is 216 cm³/mol. The summed E-state index contributed by atoms with van der Waals surface area (Å²) < 4.78 is 41.5.